The molecule has 1 heterocycles. The van der Waals surface area contributed by atoms with Crippen molar-refractivity contribution in [1.29, 1.82) is 0 Å². The quantitative estimate of drug-likeness (QED) is 0.724. The Balaban J connectivity index is 2.18. The van der Waals surface area contributed by atoms with E-state index in [-0.39, 0.29) is 5.60 Å². The molecule has 1 aliphatic heterocycles. The number of rotatable bonds is 5. The lowest BCUT2D eigenvalue weighted by Gasteiger charge is -2.24. The maximum absolute atomic E-state index is 5.78. The maximum Gasteiger partial charge on any atom is 0.0600 e. The molecule has 0 radical (unpaired) electrons. The van der Waals surface area contributed by atoms with Crippen molar-refractivity contribution in [3.05, 3.63) is 0 Å². The fraction of sp³-hybridized carbons (Fsp3) is 1.00. The highest BCUT2D eigenvalue weighted by Crippen LogP contribution is 2.08. The fourth-order valence-corrected chi connectivity index (χ4v) is 2.57. The van der Waals surface area contributed by atoms with Gasteiger partial charge in [-0.3, -0.25) is 4.90 Å². The smallest absolute Gasteiger partial charge is 0.0600 e. The minimum Gasteiger partial charge on any atom is -0.375 e. The molecule has 0 bridgehead atoms. The molecule has 0 N–H and O–H groups in total. The van der Waals surface area contributed by atoms with E-state index in [0.29, 0.717) is 0 Å². The molecule has 0 amide bonds. The lowest BCUT2D eigenvalue weighted by atomic mass is 10.2. The Morgan fingerprint density at radius 3 is 2.12 bits per heavy atom. The SMILES string of the molecule is CC(C)(C)OCCN1CCCN(CCBr)CC1. The molecule has 0 atom stereocenters. The van der Waals surface area contributed by atoms with Crippen molar-refractivity contribution in [2.24, 2.45) is 0 Å². The molecular formula is C13H27BrN2O. The number of hydrogen-bond donors (Lipinski definition) is 0. The van der Waals surface area contributed by atoms with Crippen molar-refractivity contribution in [3.8, 4) is 0 Å². The largest absolute Gasteiger partial charge is 0.375 e. The third-order valence-corrected chi connectivity index (χ3v) is 3.38. The molecule has 1 saturated heterocycles. The van der Waals surface area contributed by atoms with Crippen LogP contribution < -0.4 is 0 Å². The molecule has 1 fully saturated rings. The molecule has 0 aromatic rings. The molecule has 4 heteroatoms. The summed E-state index contributed by atoms with van der Waals surface area (Å²) in [6, 6.07) is 0. The molecule has 1 aliphatic rings. The minimum atomic E-state index is -0.00610. The van der Waals surface area contributed by atoms with Gasteiger partial charge in [0, 0.05) is 31.5 Å². The zero-order valence-electron chi connectivity index (χ0n) is 11.5. The summed E-state index contributed by atoms with van der Waals surface area (Å²) in [4.78, 5) is 5.07. The molecule has 102 valence electrons. The highest BCUT2D eigenvalue weighted by atomic mass is 79.9. The van der Waals surface area contributed by atoms with Gasteiger partial charge in [-0.05, 0) is 40.3 Å². The molecule has 0 aliphatic carbocycles. The first-order valence-electron chi connectivity index (χ1n) is 6.66. The Morgan fingerprint density at radius 2 is 1.59 bits per heavy atom. The van der Waals surface area contributed by atoms with Gasteiger partial charge in [0.2, 0.25) is 0 Å². The van der Waals surface area contributed by atoms with E-state index in [2.05, 4.69) is 46.5 Å². The average Bonchev–Trinajstić information content (AvgIpc) is 2.43. The number of hydrogen-bond acceptors (Lipinski definition) is 3. The number of ether oxygens (including phenoxy) is 1. The zero-order valence-corrected chi connectivity index (χ0v) is 13.1. The predicted octanol–water partition coefficient (Wildman–Crippen LogP) is 2.20. The summed E-state index contributed by atoms with van der Waals surface area (Å²) < 4.78 is 5.78. The Morgan fingerprint density at radius 1 is 1.00 bits per heavy atom. The summed E-state index contributed by atoms with van der Waals surface area (Å²) in [7, 11) is 0. The van der Waals surface area contributed by atoms with Crippen LogP contribution in [0.15, 0.2) is 0 Å². The molecule has 0 unspecified atom stereocenters. The van der Waals surface area contributed by atoms with E-state index in [0.717, 1.165) is 18.5 Å². The van der Waals surface area contributed by atoms with Crippen molar-refractivity contribution in [2.45, 2.75) is 32.8 Å². The van der Waals surface area contributed by atoms with Crippen LogP contribution in [0.2, 0.25) is 0 Å². The molecule has 0 aromatic carbocycles. The van der Waals surface area contributed by atoms with Crippen LogP contribution in [0.3, 0.4) is 0 Å². The minimum absolute atomic E-state index is 0.00610. The number of alkyl halides is 1. The van der Waals surface area contributed by atoms with Crippen molar-refractivity contribution in [1.82, 2.24) is 9.80 Å². The Bertz CT molecular complexity index is 206. The van der Waals surface area contributed by atoms with Crippen molar-refractivity contribution < 1.29 is 4.74 Å². The second kappa shape index (κ2) is 7.72. The first-order valence-corrected chi connectivity index (χ1v) is 7.78. The molecule has 0 aromatic heterocycles. The van der Waals surface area contributed by atoms with Gasteiger partial charge < -0.3 is 9.64 Å². The van der Waals surface area contributed by atoms with E-state index in [1.807, 2.05) is 0 Å². The van der Waals surface area contributed by atoms with Crippen LogP contribution in [0.5, 0.6) is 0 Å². The van der Waals surface area contributed by atoms with Crippen LogP contribution in [-0.4, -0.2) is 66.6 Å². The van der Waals surface area contributed by atoms with Crippen LogP contribution in [-0.2, 0) is 4.74 Å². The summed E-state index contributed by atoms with van der Waals surface area (Å²) in [6.45, 7) is 14.3. The van der Waals surface area contributed by atoms with Gasteiger partial charge in [0.05, 0.1) is 12.2 Å². The van der Waals surface area contributed by atoms with E-state index >= 15 is 0 Å². The van der Waals surface area contributed by atoms with Gasteiger partial charge in [0.1, 0.15) is 0 Å². The van der Waals surface area contributed by atoms with Crippen LogP contribution in [0.1, 0.15) is 27.2 Å². The average molecular weight is 307 g/mol. The monoisotopic (exact) mass is 306 g/mol. The van der Waals surface area contributed by atoms with Crippen LogP contribution in [0.25, 0.3) is 0 Å². The second-order valence-corrected chi connectivity index (χ2v) is 6.48. The first-order chi connectivity index (χ1) is 8.01. The zero-order chi connectivity index (χ0) is 12.7. The fourth-order valence-electron chi connectivity index (χ4n) is 2.07. The molecule has 0 saturated carbocycles. The van der Waals surface area contributed by atoms with Gasteiger partial charge in [-0.15, -0.1) is 0 Å². The molecule has 0 spiro atoms. The normalized spacial score (nSPS) is 20.5. The lowest BCUT2D eigenvalue weighted by Crippen LogP contribution is -2.34. The topological polar surface area (TPSA) is 15.7 Å². The van der Waals surface area contributed by atoms with Gasteiger partial charge in [-0.2, -0.15) is 0 Å². The van der Waals surface area contributed by atoms with Gasteiger partial charge >= 0.3 is 0 Å². The third-order valence-electron chi connectivity index (χ3n) is 3.02. The van der Waals surface area contributed by atoms with Crippen LogP contribution in [0.4, 0.5) is 0 Å². The van der Waals surface area contributed by atoms with Crippen molar-refractivity contribution in [3.63, 3.8) is 0 Å². The standard InChI is InChI=1S/C13H27BrN2O/c1-13(2,3)17-12-11-16-7-4-6-15(8-5-14)9-10-16/h4-12H2,1-3H3. The summed E-state index contributed by atoms with van der Waals surface area (Å²) in [5.74, 6) is 0. The van der Waals surface area contributed by atoms with Crippen LogP contribution in [0, 0.1) is 0 Å². The van der Waals surface area contributed by atoms with Crippen molar-refractivity contribution in [2.75, 3.05) is 51.2 Å². The number of nitrogens with zero attached hydrogens (tertiary/aromatic N) is 2. The maximum atomic E-state index is 5.78. The van der Waals surface area contributed by atoms with E-state index in [1.54, 1.807) is 0 Å². The second-order valence-electron chi connectivity index (χ2n) is 5.69. The Hall–Kier alpha value is 0.360. The van der Waals surface area contributed by atoms with Gasteiger partial charge in [0.25, 0.3) is 0 Å². The number of halogens is 1. The van der Waals surface area contributed by atoms with Gasteiger partial charge in [0.15, 0.2) is 0 Å². The first kappa shape index (κ1) is 15.4. The molecular weight excluding hydrogens is 280 g/mol. The predicted molar refractivity (Wildman–Crippen MR) is 77.0 cm³/mol. The van der Waals surface area contributed by atoms with E-state index in [1.165, 1.54) is 39.1 Å². The summed E-state index contributed by atoms with van der Waals surface area (Å²) >= 11 is 3.51. The molecule has 3 nitrogen and oxygen atoms in total. The van der Waals surface area contributed by atoms with Crippen molar-refractivity contribution >= 4 is 15.9 Å². The van der Waals surface area contributed by atoms with E-state index in [4.69, 9.17) is 4.74 Å². The lowest BCUT2D eigenvalue weighted by molar-refractivity contribution is -0.0126. The third kappa shape index (κ3) is 7.39. The summed E-state index contributed by atoms with van der Waals surface area (Å²) in [5.41, 5.74) is -0.00610. The Labute approximate surface area is 115 Å². The highest BCUT2D eigenvalue weighted by Gasteiger charge is 2.15. The molecule has 17 heavy (non-hydrogen) atoms. The van der Waals surface area contributed by atoms with E-state index < -0.39 is 0 Å². The van der Waals surface area contributed by atoms with E-state index in [9.17, 15) is 0 Å². The van der Waals surface area contributed by atoms with Gasteiger partial charge in [-0.25, -0.2) is 0 Å². The summed E-state index contributed by atoms with van der Waals surface area (Å²) in [6.07, 6.45) is 1.28. The highest BCUT2D eigenvalue weighted by molar-refractivity contribution is 9.09. The molecule has 1 rings (SSSR count). The van der Waals surface area contributed by atoms with Gasteiger partial charge in [-0.1, -0.05) is 15.9 Å². The Kier molecular flexibility index (Phi) is 7.00. The van der Waals surface area contributed by atoms with Crippen LogP contribution >= 0.6 is 15.9 Å². The summed E-state index contributed by atoms with van der Waals surface area (Å²) in [5, 5.41) is 1.08.